The van der Waals surface area contributed by atoms with Crippen molar-refractivity contribution in [1.82, 2.24) is 5.32 Å². The van der Waals surface area contributed by atoms with E-state index >= 15 is 0 Å². The maximum absolute atomic E-state index is 3.75. The largest absolute Gasteiger partial charge is 0.308 e. The summed E-state index contributed by atoms with van der Waals surface area (Å²) in [5.41, 5.74) is 1.31. The molecule has 1 rings (SSSR count). The van der Waals surface area contributed by atoms with E-state index in [2.05, 4.69) is 59.9 Å². The summed E-state index contributed by atoms with van der Waals surface area (Å²) in [6, 6.07) is 9.24. The van der Waals surface area contributed by atoms with Crippen molar-refractivity contribution in [3.63, 3.8) is 0 Å². The Morgan fingerprint density at radius 2 is 2.06 bits per heavy atom. The Balaban J connectivity index is 2.55. The second-order valence-corrected chi connectivity index (χ2v) is 5.03. The molecular weight excluding hydrogens is 262 g/mol. The Labute approximate surface area is 107 Å². The van der Waals surface area contributed by atoms with Crippen LogP contribution in [0.15, 0.2) is 41.4 Å². The summed E-state index contributed by atoms with van der Waals surface area (Å²) >= 11 is 3.58. The first-order chi connectivity index (χ1) is 7.65. The number of hydrogen-bond donors (Lipinski definition) is 1. The van der Waals surface area contributed by atoms with Gasteiger partial charge in [0.1, 0.15) is 0 Å². The summed E-state index contributed by atoms with van der Waals surface area (Å²) in [6.07, 6.45) is 4.18. The molecule has 0 fully saturated rings. The fourth-order valence-electron chi connectivity index (χ4n) is 1.79. The molecule has 0 aromatic heterocycles. The SMILES string of the molecule is C=CCCC(C)NC(C)c1ccccc1Br. The minimum atomic E-state index is 0.371. The van der Waals surface area contributed by atoms with Gasteiger partial charge in [0.2, 0.25) is 0 Å². The van der Waals surface area contributed by atoms with E-state index in [9.17, 15) is 0 Å². The molecule has 0 saturated heterocycles. The first kappa shape index (κ1) is 13.5. The molecule has 88 valence electrons. The molecule has 0 heterocycles. The Kier molecular flexibility index (Phi) is 5.78. The fourth-order valence-corrected chi connectivity index (χ4v) is 2.42. The smallest absolute Gasteiger partial charge is 0.0305 e. The molecule has 16 heavy (non-hydrogen) atoms. The molecule has 1 nitrogen and oxygen atoms in total. The van der Waals surface area contributed by atoms with E-state index in [4.69, 9.17) is 0 Å². The predicted molar refractivity (Wildman–Crippen MR) is 74.6 cm³/mol. The van der Waals surface area contributed by atoms with Crippen molar-refractivity contribution in [2.45, 2.75) is 38.8 Å². The average Bonchev–Trinajstić information content (AvgIpc) is 2.26. The highest BCUT2D eigenvalue weighted by atomic mass is 79.9. The van der Waals surface area contributed by atoms with E-state index in [1.54, 1.807) is 0 Å². The maximum atomic E-state index is 3.75. The van der Waals surface area contributed by atoms with Crippen molar-refractivity contribution in [1.29, 1.82) is 0 Å². The lowest BCUT2D eigenvalue weighted by Gasteiger charge is -2.20. The summed E-state index contributed by atoms with van der Waals surface area (Å²) in [6.45, 7) is 8.17. The molecule has 1 N–H and O–H groups in total. The van der Waals surface area contributed by atoms with Gasteiger partial charge in [-0.1, -0.05) is 40.2 Å². The third-order valence-electron chi connectivity index (χ3n) is 2.71. The second-order valence-electron chi connectivity index (χ2n) is 4.18. The summed E-state index contributed by atoms with van der Waals surface area (Å²) in [5, 5.41) is 3.59. The minimum absolute atomic E-state index is 0.371. The number of rotatable bonds is 6. The molecule has 0 aliphatic rings. The van der Waals surface area contributed by atoms with Crippen LogP contribution < -0.4 is 5.32 Å². The number of benzene rings is 1. The van der Waals surface area contributed by atoms with Gasteiger partial charge in [0.25, 0.3) is 0 Å². The van der Waals surface area contributed by atoms with Crippen LogP contribution in [0.1, 0.15) is 38.3 Å². The van der Waals surface area contributed by atoms with Gasteiger partial charge < -0.3 is 5.32 Å². The normalized spacial score (nSPS) is 14.4. The topological polar surface area (TPSA) is 12.0 Å². The predicted octanol–water partition coefficient (Wildman–Crippen LogP) is 4.45. The molecule has 0 radical (unpaired) electrons. The zero-order chi connectivity index (χ0) is 12.0. The van der Waals surface area contributed by atoms with Crippen LogP contribution in [0.3, 0.4) is 0 Å². The molecule has 2 heteroatoms. The van der Waals surface area contributed by atoms with Gasteiger partial charge in [-0.05, 0) is 38.3 Å². The van der Waals surface area contributed by atoms with Gasteiger partial charge in [-0.15, -0.1) is 6.58 Å². The summed E-state index contributed by atoms with van der Waals surface area (Å²) in [5.74, 6) is 0. The molecule has 2 unspecified atom stereocenters. The number of hydrogen-bond acceptors (Lipinski definition) is 1. The van der Waals surface area contributed by atoms with Crippen LogP contribution in [0.2, 0.25) is 0 Å². The van der Waals surface area contributed by atoms with Gasteiger partial charge in [0, 0.05) is 16.6 Å². The molecule has 2 atom stereocenters. The van der Waals surface area contributed by atoms with Gasteiger partial charge in [-0.25, -0.2) is 0 Å². The van der Waals surface area contributed by atoms with E-state index in [0.717, 1.165) is 12.8 Å². The van der Waals surface area contributed by atoms with Crippen LogP contribution in [0, 0.1) is 0 Å². The van der Waals surface area contributed by atoms with Crippen molar-refractivity contribution in [2.24, 2.45) is 0 Å². The Morgan fingerprint density at radius 1 is 1.38 bits per heavy atom. The van der Waals surface area contributed by atoms with Crippen LogP contribution in [-0.2, 0) is 0 Å². The van der Waals surface area contributed by atoms with Crippen LogP contribution in [0.4, 0.5) is 0 Å². The summed E-state index contributed by atoms with van der Waals surface area (Å²) in [7, 11) is 0. The van der Waals surface area contributed by atoms with Crippen molar-refractivity contribution >= 4 is 15.9 Å². The molecule has 1 aromatic carbocycles. The molecule has 0 aliphatic carbocycles. The number of nitrogens with one attached hydrogen (secondary N) is 1. The van der Waals surface area contributed by atoms with Crippen molar-refractivity contribution in [3.8, 4) is 0 Å². The standard InChI is InChI=1S/C14H20BrN/c1-4-5-8-11(2)16-12(3)13-9-6-7-10-14(13)15/h4,6-7,9-12,16H,1,5,8H2,2-3H3. The first-order valence-corrected chi connectivity index (χ1v) is 6.55. The van der Waals surface area contributed by atoms with Gasteiger partial charge in [-0.3, -0.25) is 0 Å². The lowest BCUT2D eigenvalue weighted by Crippen LogP contribution is -2.28. The van der Waals surface area contributed by atoms with Crippen LogP contribution >= 0.6 is 15.9 Å². The van der Waals surface area contributed by atoms with E-state index < -0.39 is 0 Å². The second kappa shape index (κ2) is 6.87. The van der Waals surface area contributed by atoms with E-state index in [1.165, 1.54) is 10.0 Å². The van der Waals surface area contributed by atoms with Crippen molar-refractivity contribution in [2.75, 3.05) is 0 Å². The van der Waals surface area contributed by atoms with Gasteiger partial charge in [0.05, 0.1) is 0 Å². The third kappa shape index (κ3) is 4.11. The maximum Gasteiger partial charge on any atom is 0.0305 e. The lowest BCUT2D eigenvalue weighted by molar-refractivity contribution is 0.458. The highest BCUT2D eigenvalue weighted by Crippen LogP contribution is 2.23. The van der Waals surface area contributed by atoms with Gasteiger partial charge in [0.15, 0.2) is 0 Å². The fraction of sp³-hybridized carbons (Fsp3) is 0.429. The van der Waals surface area contributed by atoms with Crippen molar-refractivity contribution in [3.05, 3.63) is 47.0 Å². The lowest BCUT2D eigenvalue weighted by atomic mass is 10.1. The van der Waals surface area contributed by atoms with Gasteiger partial charge >= 0.3 is 0 Å². The Bertz CT molecular complexity index is 335. The molecule has 0 amide bonds. The minimum Gasteiger partial charge on any atom is -0.308 e. The zero-order valence-corrected chi connectivity index (χ0v) is 11.6. The van der Waals surface area contributed by atoms with Crippen LogP contribution in [0.5, 0.6) is 0 Å². The Morgan fingerprint density at radius 3 is 2.69 bits per heavy atom. The quantitative estimate of drug-likeness (QED) is 0.760. The third-order valence-corrected chi connectivity index (χ3v) is 3.43. The van der Waals surface area contributed by atoms with E-state index in [0.29, 0.717) is 12.1 Å². The highest BCUT2D eigenvalue weighted by Gasteiger charge is 2.10. The van der Waals surface area contributed by atoms with E-state index in [1.807, 2.05) is 12.1 Å². The van der Waals surface area contributed by atoms with E-state index in [-0.39, 0.29) is 0 Å². The van der Waals surface area contributed by atoms with Crippen molar-refractivity contribution < 1.29 is 0 Å². The number of allylic oxidation sites excluding steroid dienone is 1. The molecule has 0 bridgehead atoms. The average molecular weight is 282 g/mol. The molecule has 1 aromatic rings. The Hall–Kier alpha value is -0.600. The summed E-state index contributed by atoms with van der Waals surface area (Å²) in [4.78, 5) is 0. The molecule has 0 saturated carbocycles. The first-order valence-electron chi connectivity index (χ1n) is 5.76. The monoisotopic (exact) mass is 281 g/mol. The molecule has 0 spiro atoms. The number of halogens is 1. The molecule has 0 aliphatic heterocycles. The zero-order valence-electron chi connectivity index (χ0n) is 10.0. The van der Waals surface area contributed by atoms with Crippen LogP contribution in [0.25, 0.3) is 0 Å². The van der Waals surface area contributed by atoms with Gasteiger partial charge in [-0.2, -0.15) is 0 Å². The van der Waals surface area contributed by atoms with Crippen LogP contribution in [-0.4, -0.2) is 6.04 Å². The molecular formula is C14H20BrN. The summed E-state index contributed by atoms with van der Waals surface area (Å²) < 4.78 is 1.17. The highest BCUT2D eigenvalue weighted by molar-refractivity contribution is 9.10.